The van der Waals surface area contributed by atoms with E-state index in [1.165, 1.54) is 0 Å². The predicted molar refractivity (Wildman–Crippen MR) is 78.9 cm³/mol. The van der Waals surface area contributed by atoms with Crippen molar-refractivity contribution in [2.45, 2.75) is 13.5 Å². The van der Waals surface area contributed by atoms with Gasteiger partial charge in [0.2, 0.25) is 0 Å². The van der Waals surface area contributed by atoms with Crippen molar-refractivity contribution in [2.24, 2.45) is 5.73 Å². The fourth-order valence-corrected chi connectivity index (χ4v) is 2.27. The van der Waals surface area contributed by atoms with Crippen LogP contribution in [0, 0.1) is 6.92 Å². The lowest BCUT2D eigenvalue weighted by Gasteiger charge is -2.09. The normalized spacial score (nSPS) is 10.6. The highest BCUT2D eigenvalue weighted by Crippen LogP contribution is 2.35. The molecule has 0 aliphatic heterocycles. The quantitative estimate of drug-likeness (QED) is 0.834. The molecule has 0 atom stereocenters. The van der Waals surface area contributed by atoms with E-state index in [2.05, 4.69) is 25.9 Å². The maximum atomic E-state index is 6.07. The smallest absolute Gasteiger partial charge is 0.322 e. The molecule has 2 rings (SSSR count). The SMILES string of the molecule is Cc1cc(CN)nc(Oc2cc(Cl)c(Br)cc2Cl)n1. The molecule has 0 bridgehead atoms. The highest BCUT2D eigenvalue weighted by Gasteiger charge is 2.10. The lowest BCUT2D eigenvalue weighted by molar-refractivity contribution is 0.438. The number of nitrogens with two attached hydrogens (primary N) is 1. The number of ether oxygens (including phenoxy) is 1. The minimum Gasteiger partial charge on any atom is -0.423 e. The second-order valence-corrected chi connectivity index (χ2v) is 5.45. The summed E-state index contributed by atoms with van der Waals surface area (Å²) in [6, 6.07) is 5.24. The van der Waals surface area contributed by atoms with E-state index in [-0.39, 0.29) is 6.01 Å². The third kappa shape index (κ3) is 3.57. The van der Waals surface area contributed by atoms with Crippen molar-refractivity contribution in [3.05, 3.63) is 44.1 Å². The third-order valence-corrected chi connectivity index (χ3v) is 3.76. The highest BCUT2D eigenvalue weighted by atomic mass is 79.9. The van der Waals surface area contributed by atoms with Crippen LogP contribution in [0.4, 0.5) is 0 Å². The van der Waals surface area contributed by atoms with Crippen LogP contribution in [0.3, 0.4) is 0 Å². The van der Waals surface area contributed by atoms with Crippen molar-refractivity contribution in [1.82, 2.24) is 9.97 Å². The van der Waals surface area contributed by atoms with Gasteiger partial charge in [-0.05, 0) is 35.0 Å². The molecular weight excluding hydrogens is 353 g/mol. The maximum absolute atomic E-state index is 6.07. The summed E-state index contributed by atoms with van der Waals surface area (Å²) in [5.74, 6) is 0.392. The minimum absolute atomic E-state index is 0.195. The fraction of sp³-hybridized carbons (Fsp3) is 0.167. The number of aryl methyl sites for hydroxylation is 1. The Morgan fingerprint density at radius 2 is 1.95 bits per heavy atom. The molecule has 0 amide bonds. The third-order valence-electron chi connectivity index (χ3n) is 2.27. The van der Waals surface area contributed by atoms with Gasteiger partial charge in [0, 0.05) is 22.8 Å². The number of benzene rings is 1. The molecule has 1 aromatic carbocycles. The number of hydrogen-bond acceptors (Lipinski definition) is 4. The molecule has 19 heavy (non-hydrogen) atoms. The molecule has 0 saturated heterocycles. The molecule has 2 aromatic rings. The van der Waals surface area contributed by atoms with Gasteiger partial charge in [0.15, 0.2) is 5.75 Å². The Balaban J connectivity index is 2.36. The van der Waals surface area contributed by atoms with Gasteiger partial charge in [-0.3, -0.25) is 0 Å². The molecule has 2 N–H and O–H groups in total. The molecule has 0 fully saturated rings. The van der Waals surface area contributed by atoms with E-state index >= 15 is 0 Å². The molecule has 0 unspecified atom stereocenters. The Morgan fingerprint density at radius 3 is 2.63 bits per heavy atom. The Bertz CT molecular complexity index is 622. The first-order chi connectivity index (χ1) is 8.99. The molecule has 7 heteroatoms. The maximum Gasteiger partial charge on any atom is 0.322 e. The number of rotatable bonds is 3. The van der Waals surface area contributed by atoms with E-state index in [9.17, 15) is 0 Å². The molecule has 0 aliphatic carbocycles. The Labute approximate surface area is 129 Å². The number of halogens is 3. The molecule has 1 aromatic heterocycles. The zero-order valence-corrected chi connectivity index (χ0v) is 13.1. The summed E-state index contributed by atoms with van der Waals surface area (Å²) in [7, 11) is 0. The van der Waals surface area contributed by atoms with Gasteiger partial charge in [-0.15, -0.1) is 0 Å². The number of hydrogen-bond donors (Lipinski definition) is 1. The molecule has 0 aliphatic rings. The van der Waals surface area contributed by atoms with Gasteiger partial charge in [0.25, 0.3) is 0 Å². The first kappa shape index (κ1) is 14.5. The van der Waals surface area contributed by atoms with Crippen LogP contribution in [0.15, 0.2) is 22.7 Å². The Hall–Kier alpha value is -0.880. The van der Waals surface area contributed by atoms with Gasteiger partial charge >= 0.3 is 6.01 Å². The zero-order valence-electron chi connectivity index (χ0n) is 9.95. The fourth-order valence-electron chi connectivity index (χ4n) is 1.44. The van der Waals surface area contributed by atoms with E-state index < -0.39 is 0 Å². The van der Waals surface area contributed by atoms with Gasteiger partial charge in [0.05, 0.1) is 15.7 Å². The summed E-state index contributed by atoms with van der Waals surface area (Å²) in [5, 5.41) is 0.904. The summed E-state index contributed by atoms with van der Waals surface area (Å²) in [5.41, 5.74) is 7.02. The van der Waals surface area contributed by atoms with Crippen LogP contribution in [-0.2, 0) is 6.54 Å². The molecule has 100 valence electrons. The molecule has 1 heterocycles. The van der Waals surface area contributed by atoms with Crippen molar-refractivity contribution in [3.63, 3.8) is 0 Å². The standard InChI is InChI=1S/C12H10BrCl2N3O/c1-6-2-7(5-16)18-12(17-6)19-11-4-9(14)8(13)3-10(11)15/h2-4H,5,16H2,1H3. The zero-order chi connectivity index (χ0) is 14.0. The van der Waals surface area contributed by atoms with Crippen LogP contribution in [0.1, 0.15) is 11.4 Å². The van der Waals surface area contributed by atoms with Crippen LogP contribution in [0.2, 0.25) is 10.0 Å². The molecule has 0 spiro atoms. The van der Waals surface area contributed by atoms with Gasteiger partial charge in [-0.2, -0.15) is 4.98 Å². The second-order valence-electron chi connectivity index (χ2n) is 3.79. The molecular formula is C12H10BrCl2N3O. The van der Waals surface area contributed by atoms with Crippen LogP contribution in [0.5, 0.6) is 11.8 Å². The Morgan fingerprint density at radius 1 is 1.21 bits per heavy atom. The average molecular weight is 363 g/mol. The van der Waals surface area contributed by atoms with Crippen LogP contribution in [-0.4, -0.2) is 9.97 Å². The van der Waals surface area contributed by atoms with Crippen LogP contribution >= 0.6 is 39.1 Å². The van der Waals surface area contributed by atoms with E-state index in [1.807, 2.05) is 6.92 Å². The summed E-state index contributed by atoms with van der Waals surface area (Å²) < 4.78 is 6.25. The molecule has 0 saturated carbocycles. The highest BCUT2D eigenvalue weighted by molar-refractivity contribution is 9.10. The lowest BCUT2D eigenvalue weighted by Crippen LogP contribution is -2.03. The van der Waals surface area contributed by atoms with E-state index in [0.29, 0.717) is 32.5 Å². The van der Waals surface area contributed by atoms with E-state index in [0.717, 1.165) is 5.69 Å². The first-order valence-electron chi connectivity index (χ1n) is 5.36. The molecule has 0 radical (unpaired) electrons. The Kier molecular flexibility index (Phi) is 4.62. The summed E-state index contributed by atoms with van der Waals surface area (Å²) in [4.78, 5) is 8.34. The molecule has 4 nitrogen and oxygen atoms in total. The minimum atomic E-state index is 0.195. The second kappa shape index (κ2) is 6.05. The van der Waals surface area contributed by atoms with Crippen LogP contribution in [0.25, 0.3) is 0 Å². The van der Waals surface area contributed by atoms with Gasteiger partial charge in [0.1, 0.15) is 0 Å². The van der Waals surface area contributed by atoms with Crippen molar-refractivity contribution in [1.29, 1.82) is 0 Å². The average Bonchev–Trinajstić information content (AvgIpc) is 2.35. The predicted octanol–water partition coefficient (Wildman–Crippen LogP) is 4.11. The van der Waals surface area contributed by atoms with Crippen LogP contribution < -0.4 is 10.5 Å². The summed E-state index contributed by atoms with van der Waals surface area (Å²) in [6.07, 6.45) is 0. The monoisotopic (exact) mass is 361 g/mol. The summed E-state index contributed by atoms with van der Waals surface area (Å²) >= 11 is 15.3. The summed E-state index contributed by atoms with van der Waals surface area (Å²) in [6.45, 7) is 2.15. The topological polar surface area (TPSA) is 61.0 Å². The lowest BCUT2D eigenvalue weighted by atomic mass is 10.3. The van der Waals surface area contributed by atoms with Gasteiger partial charge in [-0.1, -0.05) is 23.2 Å². The number of nitrogens with zero attached hydrogens (tertiary/aromatic N) is 2. The van der Waals surface area contributed by atoms with E-state index in [1.54, 1.807) is 18.2 Å². The van der Waals surface area contributed by atoms with Crippen molar-refractivity contribution < 1.29 is 4.74 Å². The van der Waals surface area contributed by atoms with Crippen molar-refractivity contribution in [2.75, 3.05) is 0 Å². The van der Waals surface area contributed by atoms with E-state index in [4.69, 9.17) is 33.7 Å². The number of aromatic nitrogens is 2. The van der Waals surface area contributed by atoms with Gasteiger partial charge < -0.3 is 10.5 Å². The first-order valence-corrected chi connectivity index (χ1v) is 6.91. The van der Waals surface area contributed by atoms with Crippen molar-refractivity contribution >= 4 is 39.1 Å². The van der Waals surface area contributed by atoms with Gasteiger partial charge in [-0.25, -0.2) is 4.98 Å². The largest absolute Gasteiger partial charge is 0.423 e. The van der Waals surface area contributed by atoms with Crippen molar-refractivity contribution in [3.8, 4) is 11.8 Å².